The fraction of sp³-hybridized carbons (Fsp3) is 0.692. The summed E-state index contributed by atoms with van der Waals surface area (Å²) in [5, 5.41) is 4.57. The highest BCUT2D eigenvalue weighted by molar-refractivity contribution is 9.09. The number of halogens is 1. The molecule has 0 aliphatic rings. The van der Waals surface area contributed by atoms with Crippen LogP contribution in [0.25, 0.3) is 0 Å². The Morgan fingerprint density at radius 3 is 2.75 bits per heavy atom. The van der Waals surface area contributed by atoms with Crippen LogP contribution in [0.4, 0.5) is 0 Å². The molecule has 20 heavy (non-hydrogen) atoms. The quantitative estimate of drug-likeness (QED) is 0.387. The molecule has 0 spiro atoms. The molecule has 0 aliphatic carbocycles. The zero-order valence-corrected chi connectivity index (χ0v) is 13.5. The van der Waals surface area contributed by atoms with E-state index in [1.807, 2.05) is 13.8 Å². The third kappa shape index (κ3) is 5.13. The maximum atomic E-state index is 11.7. The van der Waals surface area contributed by atoms with E-state index >= 15 is 0 Å². The molecule has 1 aromatic rings. The summed E-state index contributed by atoms with van der Waals surface area (Å²) in [6.07, 6.45) is 0. The van der Waals surface area contributed by atoms with E-state index < -0.39 is 5.92 Å². The Kier molecular flexibility index (Phi) is 7.61. The fourth-order valence-electron chi connectivity index (χ4n) is 1.69. The molecule has 0 radical (unpaired) electrons. The molecule has 1 atom stereocenters. The van der Waals surface area contributed by atoms with Crippen molar-refractivity contribution in [2.45, 2.75) is 19.8 Å². The SMILES string of the molecule is COC(=O)C(c1cc(OCCOCCBr)no1)C(C)C. The van der Waals surface area contributed by atoms with Gasteiger partial charge in [0.1, 0.15) is 12.5 Å². The first-order chi connectivity index (χ1) is 9.60. The van der Waals surface area contributed by atoms with Crippen molar-refractivity contribution < 1.29 is 23.5 Å². The molecule has 0 amide bonds. The lowest BCUT2D eigenvalue weighted by Gasteiger charge is -2.14. The molecule has 0 N–H and O–H groups in total. The first kappa shape index (κ1) is 17.0. The third-order valence-corrected chi connectivity index (χ3v) is 2.96. The molecule has 0 fully saturated rings. The monoisotopic (exact) mass is 349 g/mol. The van der Waals surface area contributed by atoms with Gasteiger partial charge in [-0.15, -0.1) is 0 Å². The van der Waals surface area contributed by atoms with Crippen molar-refractivity contribution >= 4 is 21.9 Å². The van der Waals surface area contributed by atoms with Gasteiger partial charge in [-0.1, -0.05) is 29.8 Å². The minimum atomic E-state index is -0.477. The molecule has 6 nitrogen and oxygen atoms in total. The number of carbonyl (C=O) groups excluding carboxylic acids is 1. The fourth-order valence-corrected chi connectivity index (χ4v) is 1.92. The largest absolute Gasteiger partial charge is 0.473 e. The summed E-state index contributed by atoms with van der Waals surface area (Å²) < 4.78 is 20.6. The predicted molar refractivity (Wildman–Crippen MR) is 76.2 cm³/mol. The van der Waals surface area contributed by atoms with E-state index in [9.17, 15) is 4.79 Å². The lowest BCUT2D eigenvalue weighted by atomic mass is 9.93. The van der Waals surface area contributed by atoms with Crippen LogP contribution in [0.15, 0.2) is 10.6 Å². The molecule has 7 heteroatoms. The smallest absolute Gasteiger partial charge is 0.316 e. The van der Waals surface area contributed by atoms with Crippen LogP contribution in [0.5, 0.6) is 5.88 Å². The Hall–Kier alpha value is -1.08. The van der Waals surface area contributed by atoms with Crippen LogP contribution in [0, 0.1) is 5.92 Å². The van der Waals surface area contributed by atoms with E-state index in [1.165, 1.54) is 7.11 Å². The van der Waals surface area contributed by atoms with Gasteiger partial charge in [0.15, 0.2) is 5.76 Å². The van der Waals surface area contributed by atoms with Crippen LogP contribution >= 0.6 is 15.9 Å². The molecule has 1 heterocycles. The summed E-state index contributed by atoms with van der Waals surface area (Å²) in [7, 11) is 1.35. The molecular formula is C13H20BrNO5. The first-order valence-electron chi connectivity index (χ1n) is 6.41. The van der Waals surface area contributed by atoms with E-state index in [-0.39, 0.29) is 11.9 Å². The van der Waals surface area contributed by atoms with Crippen molar-refractivity contribution in [2.24, 2.45) is 5.92 Å². The highest BCUT2D eigenvalue weighted by atomic mass is 79.9. The Morgan fingerprint density at radius 1 is 1.40 bits per heavy atom. The Morgan fingerprint density at radius 2 is 2.15 bits per heavy atom. The second-order valence-electron chi connectivity index (χ2n) is 4.46. The Labute approximate surface area is 126 Å². The van der Waals surface area contributed by atoms with Gasteiger partial charge in [0.25, 0.3) is 5.88 Å². The topological polar surface area (TPSA) is 70.8 Å². The minimum absolute atomic E-state index is 0.0468. The maximum absolute atomic E-state index is 11.7. The van der Waals surface area contributed by atoms with Crippen molar-refractivity contribution in [3.05, 3.63) is 11.8 Å². The molecule has 1 aromatic heterocycles. The zero-order valence-electron chi connectivity index (χ0n) is 11.9. The number of methoxy groups -OCH3 is 1. The molecule has 1 rings (SSSR count). The van der Waals surface area contributed by atoms with Gasteiger partial charge in [-0.2, -0.15) is 0 Å². The number of alkyl halides is 1. The lowest BCUT2D eigenvalue weighted by molar-refractivity contribution is -0.144. The number of nitrogens with zero attached hydrogens (tertiary/aromatic N) is 1. The van der Waals surface area contributed by atoms with Crippen molar-refractivity contribution in [2.75, 3.05) is 32.3 Å². The molecule has 0 aromatic carbocycles. The van der Waals surface area contributed by atoms with Crippen molar-refractivity contribution in [1.82, 2.24) is 5.16 Å². The number of rotatable bonds is 9. The number of carbonyl (C=O) groups is 1. The van der Waals surface area contributed by atoms with Gasteiger partial charge >= 0.3 is 5.97 Å². The van der Waals surface area contributed by atoms with Crippen LogP contribution in [0.3, 0.4) is 0 Å². The normalized spacial score (nSPS) is 12.4. The van der Waals surface area contributed by atoms with Gasteiger partial charge in [0, 0.05) is 11.4 Å². The Balaban J connectivity index is 2.54. The molecular weight excluding hydrogens is 330 g/mol. The molecule has 114 valence electrons. The molecule has 0 saturated carbocycles. The highest BCUT2D eigenvalue weighted by Crippen LogP contribution is 2.28. The van der Waals surface area contributed by atoms with Gasteiger partial charge in [-0.25, -0.2) is 0 Å². The van der Waals surface area contributed by atoms with Crippen LogP contribution < -0.4 is 4.74 Å². The van der Waals surface area contributed by atoms with E-state index in [0.29, 0.717) is 31.5 Å². The van der Waals surface area contributed by atoms with E-state index in [0.717, 1.165) is 5.33 Å². The first-order valence-corrected chi connectivity index (χ1v) is 7.53. The number of hydrogen-bond donors (Lipinski definition) is 0. The summed E-state index contributed by atoms with van der Waals surface area (Å²) >= 11 is 3.26. The number of hydrogen-bond acceptors (Lipinski definition) is 6. The second kappa shape index (κ2) is 8.97. The minimum Gasteiger partial charge on any atom is -0.473 e. The number of aromatic nitrogens is 1. The zero-order chi connectivity index (χ0) is 15.0. The summed E-state index contributed by atoms with van der Waals surface area (Å²) in [6.45, 7) is 5.31. The number of ether oxygens (including phenoxy) is 3. The van der Waals surface area contributed by atoms with E-state index in [4.69, 9.17) is 18.7 Å². The van der Waals surface area contributed by atoms with Crippen molar-refractivity contribution in [3.63, 3.8) is 0 Å². The van der Waals surface area contributed by atoms with Crippen molar-refractivity contribution in [1.29, 1.82) is 0 Å². The predicted octanol–water partition coefficient (Wildman–Crippen LogP) is 2.38. The summed E-state index contributed by atoms with van der Waals surface area (Å²) in [5.74, 6) is 0.0172. The molecule has 0 aliphatic heterocycles. The van der Waals surface area contributed by atoms with Crippen LogP contribution in [-0.4, -0.2) is 43.4 Å². The highest BCUT2D eigenvalue weighted by Gasteiger charge is 2.29. The Bertz CT molecular complexity index is 407. The van der Waals surface area contributed by atoms with Gasteiger partial charge in [0.05, 0.1) is 20.3 Å². The van der Waals surface area contributed by atoms with Crippen LogP contribution in [-0.2, 0) is 14.3 Å². The van der Waals surface area contributed by atoms with E-state index in [1.54, 1.807) is 6.07 Å². The molecule has 0 saturated heterocycles. The maximum Gasteiger partial charge on any atom is 0.316 e. The van der Waals surface area contributed by atoms with E-state index in [2.05, 4.69) is 21.1 Å². The molecule has 1 unspecified atom stereocenters. The van der Waals surface area contributed by atoms with Gasteiger partial charge in [0.2, 0.25) is 0 Å². The van der Waals surface area contributed by atoms with Crippen molar-refractivity contribution in [3.8, 4) is 5.88 Å². The number of esters is 1. The standard InChI is InChI=1S/C13H20BrNO5/c1-9(2)12(13(16)17-3)10-8-11(15-20-10)19-7-6-18-5-4-14/h8-9,12H,4-7H2,1-3H3. The summed E-state index contributed by atoms with van der Waals surface area (Å²) in [4.78, 5) is 11.7. The molecule has 0 bridgehead atoms. The van der Waals surface area contributed by atoms with Crippen LogP contribution in [0.1, 0.15) is 25.5 Å². The van der Waals surface area contributed by atoms with Gasteiger partial charge in [-0.05, 0) is 11.1 Å². The lowest BCUT2D eigenvalue weighted by Crippen LogP contribution is -2.19. The van der Waals surface area contributed by atoms with Crippen LogP contribution in [0.2, 0.25) is 0 Å². The average molecular weight is 350 g/mol. The second-order valence-corrected chi connectivity index (χ2v) is 5.26. The summed E-state index contributed by atoms with van der Waals surface area (Å²) in [5.41, 5.74) is 0. The summed E-state index contributed by atoms with van der Waals surface area (Å²) in [6, 6.07) is 1.62. The third-order valence-electron chi connectivity index (χ3n) is 2.63. The van der Waals surface area contributed by atoms with Gasteiger partial charge < -0.3 is 18.7 Å². The average Bonchev–Trinajstić information content (AvgIpc) is 2.86. The van der Waals surface area contributed by atoms with Gasteiger partial charge in [-0.3, -0.25) is 4.79 Å².